The molecule has 0 aliphatic carbocycles. The molecule has 0 saturated carbocycles. The lowest BCUT2D eigenvalue weighted by Crippen LogP contribution is -2.30. The molecule has 3 nitrogen and oxygen atoms in total. The molecule has 0 aromatic heterocycles. The maximum Gasteiger partial charge on any atom is 0.0995 e. The lowest BCUT2D eigenvalue weighted by molar-refractivity contribution is 0.107. The Hall–Kier alpha value is -0.570. The summed E-state index contributed by atoms with van der Waals surface area (Å²) in [5.74, 6) is 0.739. The maximum absolute atomic E-state index is 5.91. The van der Waals surface area contributed by atoms with Crippen LogP contribution in [0.4, 0.5) is 0 Å². The molecule has 82 valence electrons. The second-order valence-corrected chi connectivity index (χ2v) is 5.02. The number of amidine groups is 1. The highest BCUT2D eigenvalue weighted by Crippen LogP contribution is 2.21. The van der Waals surface area contributed by atoms with E-state index in [1.807, 2.05) is 0 Å². The Morgan fingerprint density at radius 2 is 2.14 bits per heavy atom. The third-order valence-corrected chi connectivity index (χ3v) is 2.60. The van der Waals surface area contributed by atoms with Crippen molar-refractivity contribution in [2.75, 3.05) is 6.61 Å². The first-order valence-corrected chi connectivity index (χ1v) is 5.38. The van der Waals surface area contributed by atoms with E-state index in [-0.39, 0.29) is 11.5 Å². The molecule has 0 bridgehead atoms. The number of hydrogen-bond donors (Lipinski definition) is 1. The number of ether oxygens (including phenoxy) is 1. The molecule has 14 heavy (non-hydrogen) atoms. The highest BCUT2D eigenvalue weighted by atomic mass is 16.5. The zero-order valence-corrected chi connectivity index (χ0v) is 9.71. The van der Waals surface area contributed by atoms with E-state index < -0.39 is 0 Å². The summed E-state index contributed by atoms with van der Waals surface area (Å²) in [5, 5.41) is 0. The van der Waals surface area contributed by atoms with Crippen LogP contribution < -0.4 is 5.73 Å². The van der Waals surface area contributed by atoms with Crippen LogP contribution in [0.5, 0.6) is 0 Å². The quantitative estimate of drug-likeness (QED) is 0.544. The van der Waals surface area contributed by atoms with E-state index >= 15 is 0 Å². The predicted molar refractivity (Wildman–Crippen MR) is 59.5 cm³/mol. The van der Waals surface area contributed by atoms with E-state index in [1.165, 1.54) is 0 Å². The highest BCUT2D eigenvalue weighted by molar-refractivity contribution is 5.85. The minimum atomic E-state index is -0.0235. The molecule has 1 aliphatic heterocycles. The average molecular weight is 198 g/mol. The van der Waals surface area contributed by atoms with Crippen LogP contribution in [0.15, 0.2) is 4.99 Å². The van der Waals surface area contributed by atoms with Gasteiger partial charge < -0.3 is 10.5 Å². The van der Waals surface area contributed by atoms with Gasteiger partial charge in [0.15, 0.2) is 0 Å². The lowest BCUT2D eigenvalue weighted by atomic mass is 9.95. The normalized spacial score (nSPS) is 29.6. The van der Waals surface area contributed by atoms with Crippen LogP contribution in [-0.2, 0) is 4.74 Å². The molecule has 1 aliphatic rings. The van der Waals surface area contributed by atoms with E-state index in [0.717, 1.165) is 25.3 Å². The summed E-state index contributed by atoms with van der Waals surface area (Å²) in [6.45, 7) is 9.12. The van der Waals surface area contributed by atoms with Gasteiger partial charge in [-0.2, -0.15) is 0 Å². The summed E-state index contributed by atoms with van der Waals surface area (Å²) in [6, 6.07) is 0.277. The molecule has 0 radical (unpaired) electrons. The van der Waals surface area contributed by atoms with Crippen molar-refractivity contribution in [3.05, 3.63) is 0 Å². The van der Waals surface area contributed by atoms with Crippen LogP contribution >= 0.6 is 0 Å². The Morgan fingerprint density at radius 3 is 2.57 bits per heavy atom. The number of nitrogens with zero attached hydrogens (tertiary/aromatic N) is 1. The van der Waals surface area contributed by atoms with E-state index in [2.05, 4.69) is 32.7 Å². The van der Waals surface area contributed by atoms with Crippen molar-refractivity contribution >= 4 is 5.84 Å². The van der Waals surface area contributed by atoms with Gasteiger partial charge in [-0.15, -0.1) is 0 Å². The third kappa shape index (κ3) is 2.98. The Labute approximate surface area is 86.7 Å². The van der Waals surface area contributed by atoms with Crippen LogP contribution in [0.1, 0.15) is 40.5 Å². The SMILES string of the molecule is CCC1CC(N=C(N)C(C)(C)C)CO1. The van der Waals surface area contributed by atoms with Gasteiger partial charge in [0.05, 0.1) is 24.6 Å². The smallest absolute Gasteiger partial charge is 0.0995 e. The van der Waals surface area contributed by atoms with Gasteiger partial charge in [0.25, 0.3) is 0 Å². The molecule has 1 saturated heterocycles. The Balaban J connectivity index is 2.53. The van der Waals surface area contributed by atoms with Crippen LogP contribution in [0.2, 0.25) is 0 Å². The Morgan fingerprint density at radius 1 is 1.50 bits per heavy atom. The summed E-state index contributed by atoms with van der Waals surface area (Å²) in [7, 11) is 0. The van der Waals surface area contributed by atoms with Gasteiger partial charge in [0.1, 0.15) is 0 Å². The van der Waals surface area contributed by atoms with Gasteiger partial charge in [-0.3, -0.25) is 4.99 Å². The Bertz CT molecular complexity index is 218. The van der Waals surface area contributed by atoms with Gasteiger partial charge in [0, 0.05) is 5.41 Å². The van der Waals surface area contributed by atoms with Crippen LogP contribution in [0.3, 0.4) is 0 Å². The molecule has 3 heteroatoms. The van der Waals surface area contributed by atoms with Crippen molar-refractivity contribution in [2.24, 2.45) is 16.1 Å². The lowest BCUT2D eigenvalue weighted by Gasteiger charge is -2.18. The number of nitrogens with two attached hydrogens (primary N) is 1. The van der Waals surface area contributed by atoms with Crippen LogP contribution in [-0.4, -0.2) is 24.6 Å². The third-order valence-electron chi connectivity index (χ3n) is 2.60. The minimum Gasteiger partial charge on any atom is -0.387 e. The second kappa shape index (κ2) is 4.30. The molecule has 0 spiro atoms. The topological polar surface area (TPSA) is 47.6 Å². The number of rotatable bonds is 2. The molecule has 1 fully saturated rings. The fourth-order valence-electron chi connectivity index (χ4n) is 1.45. The summed E-state index contributed by atoms with van der Waals surface area (Å²) < 4.78 is 5.57. The standard InChI is InChI=1S/C11H22N2O/c1-5-9-6-8(7-14-9)13-10(12)11(2,3)4/h8-9H,5-7H2,1-4H3,(H2,12,13). The average Bonchev–Trinajstić information content (AvgIpc) is 2.50. The largest absolute Gasteiger partial charge is 0.387 e. The first-order chi connectivity index (χ1) is 6.43. The first kappa shape index (κ1) is 11.5. The minimum absolute atomic E-state index is 0.0235. The molecule has 0 aromatic rings. The summed E-state index contributed by atoms with van der Waals surface area (Å²) in [4.78, 5) is 4.51. The van der Waals surface area contributed by atoms with Gasteiger partial charge in [-0.25, -0.2) is 0 Å². The van der Waals surface area contributed by atoms with Crippen molar-refractivity contribution in [1.82, 2.24) is 0 Å². The molecule has 2 unspecified atom stereocenters. The van der Waals surface area contributed by atoms with E-state index in [4.69, 9.17) is 10.5 Å². The number of hydrogen-bond acceptors (Lipinski definition) is 2. The summed E-state index contributed by atoms with van der Waals surface area (Å²) in [5.41, 5.74) is 5.89. The molecule has 0 aromatic carbocycles. The van der Waals surface area contributed by atoms with Crippen molar-refractivity contribution in [2.45, 2.75) is 52.7 Å². The van der Waals surface area contributed by atoms with Crippen molar-refractivity contribution in [3.8, 4) is 0 Å². The van der Waals surface area contributed by atoms with E-state index in [0.29, 0.717) is 6.10 Å². The molecule has 2 atom stereocenters. The fourth-order valence-corrected chi connectivity index (χ4v) is 1.45. The van der Waals surface area contributed by atoms with Crippen molar-refractivity contribution < 1.29 is 4.74 Å². The van der Waals surface area contributed by atoms with E-state index in [9.17, 15) is 0 Å². The predicted octanol–water partition coefficient (Wildman–Crippen LogP) is 1.96. The van der Waals surface area contributed by atoms with Crippen molar-refractivity contribution in [3.63, 3.8) is 0 Å². The molecule has 0 amide bonds. The van der Waals surface area contributed by atoms with Crippen molar-refractivity contribution in [1.29, 1.82) is 0 Å². The van der Waals surface area contributed by atoms with Gasteiger partial charge in [-0.05, 0) is 12.8 Å². The van der Waals surface area contributed by atoms with Gasteiger partial charge in [0.2, 0.25) is 0 Å². The maximum atomic E-state index is 5.91. The molecular weight excluding hydrogens is 176 g/mol. The molecular formula is C11H22N2O. The monoisotopic (exact) mass is 198 g/mol. The zero-order valence-electron chi connectivity index (χ0n) is 9.71. The number of aliphatic imine (C=N–C) groups is 1. The van der Waals surface area contributed by atoms with Crippen LogP contribution in [0.25, 0.3) is 0 Å². The second-order valence-electron chi connectivity index (χ2n) is 5.02. The van der Waals surface area contributed by atoms with Crippen LogP contribution in [0, 0.1) is 5.41 Å². The zero-order chi connectivity index (χ0) is 10.8. The molecule has 1 heterocycles. The molecule has 1 rings (SSSR count). The summed E-state index contributed by atoms with van der Waals surface area (Å²) in [6.07, 6.45) is 2.48. The fraction of sp³-hybridized carbons (Fsp3) is 0.909. The molecule has 2 N–H and O–H groups in total. The first-order valence-electron chi connectivity index (χ1n) is 5.38. The highest BCUT2D eigenvalue weighted by Gasteiger charge is 2.25. The van der Waals surface area contributed by atoms with E-state index in [1.54, 1.807) is 0 Å². The summed E-state index contributed by atoms with van der Waals surface area (Å²) >= 11 is 0. The Kier molecular flexibility index (Phi) is 3.53. The van der Waals surface area contributed by atoms with Gasteiger partial charge in [-0.1, -0.05) is 27.7 Å². The van der Waals surface area contributed by atoms with Gasteiger partial charge >= 0.3 is 0 Å².